The third kappa shape index (κ3) is 5.71. The van der Waals surface area contributed by atoms with Crippen LogP contribution >= 0.6 is 0 Å². The predicted octanol–water partition coefficient (Wildman–Crippen LogP) is 5.49. The number of ether oxygens (including phenoxy) is 1. The molecule has 1 aliphatic rings. The van der Waals surface area contributed by atoms with Gasteiger partial charge in [-0.1, -0.05) is 56.9 Å². The SMILES string of the molecule is CCCCCCCOc1cccc2cc(CN3CCC(C(=O)O)CC3)ccc12. The molecule has 152 valence electrons. The molecule has 0 aliphatic carbocycles. The lowest BCUT2D eigenvalue weighted by atomic mass is 9.96. The van der Waals surface area contributed by atoms with Crippen LogP contribution in [0.5, 0.6) is 5.75 Å². The van der Waals surface area contributed by atoms with Crippen LogP contribution < -0.4 is 4.74 Å². The van der Waals surface area contributed by atoms with Crippen molar-refractivity contribution < 1.29 is 14.6 Å². The summed E-state index contributed by atoms with van der Waals surface area (Å²) in [6.45, 7) is 5.61. The van der Waals surface area contributed by atoms with Gasteiger partial charge in [-0.2, -0.15) is 0 Å². The van der Waals surface area contributed by atoms with Gasteiger partial charge in [-0.15, -0.1) is 0 Å². The molecule has 1 aliphatic heterocycles. The summed E-state index contributed by atoms with van der Waals surface area (Å²) in [7, 11) is 0. The number of nitrogens with zero attached hydrogens (tertiary/aromatic N) is 1. The Balaban J connectivity index is 1.56. The molecule has 2 aromatic carbocycles. The van der Waals surface area contributed by atoms with Crippen LogP contribution in [0.15, 0.2) is 36.4 Å². The molecule has 0 aromatic heterocycles. The van der Waals surface area contributed by atoms with Crippen molar-refractivity contribution in [1.82, 2.24) is 4.90 Å². The number of hydrogen-bond donors (Lipinski definition) is 1. The molecule has 1 fully saturated rings. The molecule has 3 rings (SSSR count). The minimum absolute atomic E-state index is 0.172. The average molecular weight is 384 g/mol. The number of aliphatic carboxylic acids is 1. The molecule has 0 unspecified atom stereocenters. The quantitative estimate of drug-likeness (QED) is 0.552. The smallest absolute Gasteiger partial charge is 0.306 e. The van der Waals surface area contributed by atoms with E-state index in [9.17, 15) is 4.79 Å². The van der Waals surface area contributed by atoms with Crippen molar-refractivity contribution in [1.29, 1.82) is 0 Å². The van der Waals surface area contributed by atoms with Crippen molar-refractivity contribution in [3.8, 4) is 5.75 Å². The minimum atomic E-state index is -0.650. The van der Waals surface area contributed by atoms with Crippen LogP contribution in [0.2, 0.25) is 0 Å². The van der Waals surface area contributed by atoms with Gasteiger partial charge in [0.15, 0.2) is 0 Å². The molecule has 1 saturated heterocycles. The number of rotatable bonds is 10. The zero-order chi connectivity index (χ0) is 19.8. The van der Waals surface area contributed by atoms with Gasteiger partial charge in [-0.25, -0.2) is 0 Å². The van der Waals surface area contributed by atoms with Crippen LogP contribution in [0, 0.1) is 5.92 Å². The Labute approximate surface area is 168 Å². The number of carboxylic acid groups (broad SMARTS) is 1. The van der Waals surface area contributed by atoms with Crippen LogP contribution in [0.25, 0.3) is 10.8 Å². The van der Waals surface area contributed by atoms with Gasteiger partial charge in [0, 0.05) is 11.9 Å². The standard InChI is InChI=1S/C24H33NO3/c1-2-3-4-5-6-16-28-23-9-7-8-21-17-19(10-11-22(21)23)18-25-14-12-20(13-15-25)24(26)27/h7-11,17,20H,2-6,12-16,18H2,1H3,(H,26,27). The molecule has 0 radical (unpaired) electrons. The summed E-state index contributed by atoms with van der Waals surface area (Å²) in [6.07, 6.45) is 7.72. The molecule has 28 heavy (non-hydrogen) atoms. The lowest BCUT2D eigenvalue weighted by molar-refractivity contribution is -0.143. The lowest BCUT2D eigenvalue weighted by Gasteiger charge is -2.30. The zero-order valence-corrected chi connectivity index (χ0v) is 17.0. The van der Waals surface area contributed by atoms with Gasteiger partial charge >= 0.3 is 5.97 Å². The fourth-order valence-corrected chi connectivity index (χ4v) is 4.01. The number of benzene rings is 2. The predicted molar refractivity (Wildman–Crippen MR) is 114 cm³/mol. The van der Waals surface area contributed by atoms with E-state index in [0.717, 1.165) is 51.3 Å². The number of hydrogen-bond acceptors (Lipinski definition) is 3. The first-order valence-electron chi connectivity index (χ1n) is 10.8. The Kier molecular flexibility index (Phi) is 7.72. The second-order valence-corrected chi connectivity index (χ2v) is 7.96. The first-order chi connectivity index (χ1) is 13.7. The van der Waals surface area contributed by atoms with E-state index < -0.39 is 5.97 Å². The Hall–Kier alpha value is -2.07. The summed E-state index contributed by atoms with van der Waals surface area (Å²) in [5.41, 5.74) is 1.28. The van der Waals surface area contributed by atoms with Gasteiger partial charge in [0.1, 0.15) is 5.75 Å². The first kappa shape index (κ1) is 20.7. The van der Waals surface area contributed by atoms with Crippen LogP contribution in [0.4, 0.5) is 0 Å². The van der Waals surface area contributed by atoms with E-state index >= 15 is 0 Å². The van der Waals surface area contributed by atoms with E-state index in [2.05, 4.69) is 48.2 Å². The van der Waals surface area contributed by atoms with E-state index in [1.807, 2.05) is 0 Å². The largest absolute Gasteiger partial charge is 0.493 e. The fourth-order valence-electron chi connectivity index (χ4n) is 4.01. The summed E-state index contributed by atoms with van der Waals surface area (Å²) in [6, 6.07) is 12.9. The highest BCUT2D eigenvalue weighted by molar-refractivity contribution is 5.88. The van der Waals surface area contributed by atoms with E-state index in [-0.39, 0.29) is 5.92 Å². The lowest BCUT2D eigenvalue weighted by Crippen LogP contribution is -2.35. The molecule has 4 nitrogen and oxygen atoms in total. The average Bonchev–Trinajstić information content (AvgIpc) is 2.71. The van der Waals surface area contributed by atoms with E-state index in [0.29, 0.717) is 0 Å². The van der Waals surface area contributed by atoms with Crippen LogP contribution in [0.3, 0.4) is 0 Å². The van der Waals surface area contributed by atoms with E-state index in [1.54, 1.807) is 0 Å². The number of carboxylic acids is 1. The number of piperidine rings is 1. The molecular formula is C24H33NO3. The summed E-state index contributed by atoms with van der Waals surface area (Å²) >= 11 is 0. The second kappa shape index (κ2) is 10.5. The maximum absolute atomic E-state index is 11.1. The molecule has 4 heteroatoms. The van der Waals surface area contributed by atoms with Gasteiger partial charge < -0.3 is 9.84 Å². The molecule has 0 amide bonds. The Morgan fingerprint density at radius 2 is 1.89 bits per heavy atom. The molecule has 0 bridgehead atoms. The summed E-state index contributed by atoms with van der Waals surface area (Å²) in [5.74, 6) is 0.152. The van der Waals surface area contributed by atoms with Gasteiger partial charge in [0.25, 0.3) is 0 Å². The molecule has 0 saturated carbocycles. The number of likely N-dealkylation sites (tertiary alicyclic amines) is 1. The number of unbranched alkanes of at least 4 members (excludes halogenated alkanes) is 4. The van der Waals surface area contributed by atoms with Crippen molar-refractivity contribution in [3.63, 3.8) is 0 Å². The van der Waals surface area contributed by atoms with Crippen LogP contribution in [-0.2, 0) is 11.3 Å². The van der Waals surface area contributed by atoms with Gasteiger partial charge in [0.2, 0.25) is 0 Å². The van der Waals surface area contributed by atoms with Crippen LogP contribution in [0.1, 0.15) is 57.4 Å². The Morgan fingerprint density at radius 1 is 1.11 bits per heavy atom. The van der Waals surface area contributed by atoms with Crippen molar-refractivity contribution in [2.75, 3.05) is 19.7 Å². The number of carbonyl (C=O) groups is 1. The summed E-state index contributed by atoms with van der Waals surface area (Å²) in [4.78, 5) is 13.5. The maximum Gasteiger partial charge on any atom is 0.306 e. The molecular weight excluding hydrogens is 350 g/mol. The molecule has 2 aromatic rings. The van der Waals surface area contributed by atoms with Gasteiger partial charge in [-0.3, -0.25) is 9.69 Å². The normalized spacial score (nSPS) is 15.8. The minimum Gasteiger partial charge on any atom is -0.493 e. The molecule has 1 N–H and O–H groups in total. The zero-order valence-electron chi connectivity index (χ0n) is 17.0. The monoisotopic (exact) mass is 383 g/mol. The van der Waals surface area contributed by atoms with Gasteiger partial charge in [-0.05, 0) is 55.4 Å². The summed E-state index contributed by atoms with van der Waals surface area (Å²) in [5, 5.41) is 11.5. The first-order valence-corrected chi connectivity index (χ1v) is 10.8. The highest BCUT2D eigenvalue weighted by Gasteiger charge is 2.24. The Morgan fingerprint density at radius 3 is 2.64 bits per heavy atom. The summed E-state index contributed by atoms with van der Waals surface area (Å²) < 4.78 is 6.06. The fraction of sp³-hybridized carbons (Fsp3) is 0.542. The Bertz CT molecular complexity index is 766. The van der Waals surface area contributed by atoms with Crippen molar-refractivity contribution in [3.05, 3.63) is 42.0 Å². The third-order valence-corrected chi connectivity index (χ3v) is 5.75. The van der Waals surface area contributed by atoms with Crippen molar-refractivity contribution in [2.45, 2.75) is 58.4 Å². The third-order valence-electron chi connectivity index (χ3n) is 5.75. The molecule has 1 heterocycles. The second-order valence-electron chi connectivity index (χ2n) is 7.96. The molecule has 0 spiro atoms. The van der Waals surface area contributed by atoms with Gasteiger partial charge in [0.05, 0.1) is 12.5 Å². The highest BCUT2D eigenvalue weighted by Crippen LogP contribution is 2.28. The molecule has 0 atom stereocenters. The van der Waals surface area contributed by atoms with Crippen molar-refractivity contribution >= 4 is 16.7 Å². The van der Waals surface area contributed by atoms with E-state index in [4.69, 9.17) is 9.84 Å². The van der Waals surface area contributed by atoms with Crippen LogP contribution in [-0.4, -0.2) is 35.7 Å². The topological polar surface area (TPSA) is 49.8 Å². The maximum atomic E-state index is 11.1. The van der Waals surface area contributed by atoms with E-state index in [1.165, 1.54) is 42.0 Å². The number of fused-ring (bicyclic) bond motifs is 1. The van der Waals surface area contributed by atoms with Crippen molar-refractivity contribution in [2.24, 2.45) is 5.92 Å². The highest BCUT2D eigenvalue weighted by atomic mass is 16.5.